The molecular weight excluding hydrogens is 298 g/mol. The van der Waals surface area contributed by atoms with Gasteiger partial charge in [-0.05, 0) is 25.7 Å². The third-order valence-electron chi connectivity index (χ3n) is 5.52. The van der Waals surface area contributed by atoms with Gasteiger partial charge < -0.3 is 20.5 Å². The molecule has 2 saturated heterocycles. The zero-order chi connectivity index (χ0) is 16.2. The van der Waals surface area contributed by atoms with Crippen LogP contribution in [0.2, 0.25) is 0 Å². The van der Waals surface area contributed by atoms with Crippen LogP contribution in [0.25, 0.3) is 0 Å². The number of hydrogen-bond donors (Lipinski definition) is 2. The standard InChI is InChI=1S/C14H20F2N2O4/c15-14(16,13(21)2-1-3-13)11(20)18-6-9-7-22-5-4-12(9,8-18)10(17)19/h9,21H,1-8H2,(H2,17,19)/t9-,12+/m1/s1. The first-order chi connectivity index (χ1) is 10.2. The van der Waals surface area contributed by atoms with E-state index in [0.717, 1.165) is 4.90 Å². The third-order valence-corrected chi connectivity index (χ3v) is 5.52. The molecule has 6 nitrogen and oxygen atoms in total. The van der Waals surface area contributed by atoms with E-state index in [4.69, 9.17) is 10.5 Å². The molecule has 3 aliphatic rings. The third kappa shape index (κ3) is 1.96. The summed E-state index contributed by atoms with van der Waals surface area (Å²) >= 11 is 0. The first-order valence-electron chi connectivity index (χ1n) is 7.50. The van der Waals surface area contributed by atoms with Crippen LogP contribution in [0.1, 0.15) is 25.7 Å². The summed E-state index contributed by atoms with van der Waals surface area (Å²) in [6, 6.07) is 0. The molecular formula is C14H20F2N2O4. The predicted molar refractivity (Wildman–Crippen MR) is 70.9 cm³/mol. The number of hydrogen-bond acceptors (Lipinski definition) is 4. The first kappa shape index (κ1) is 15.6. The molecule has 22 heavy (non-hydrogen) atoms. The number of rotatable bonds is 3. The van der Waals surface area contributed by atoms with Crippen LogP contribution in [0.15, 0.2) is 0 Å². The molecule has 0 aromatic carbocycles. The molecule has 2 aliphatic heterocycles. The lowest BCUT2D eigenvalue weighted by Gasteiger charge is -2.42. The van der Waals surface area contributed by atoms with Gasteiger partial charge in [-0.15, -0.1) is 0 Å². The molecule has 1 aliphatic carbocycles. The van der Waals surface area contributed by atoms with E-state index in [2.05, 4.69) is 0 Å². The van der Waals surface area contributed by atoms with Crippen LogP contribution < -0.4 is 5.73 Å². The maximum absolute atomic E-state index is 14.3. The Balaban J connectivity index is 1.82. The number of fused-ring (bicyclic) bond motifs is 1. The van der Waals surface area contributed by atoms with E-state index in [1.54, 1.807) is 0 Å². The number of primary amides is 1. The van der Waals surface area contributed by atoms with E-state index >= 15 is 0 Å². The lowest BCUT2D eigenvalue weighted by atomic mass is 9.74. The summed E-state index contributed by atoms with van der Waals surface area (Å²) in [5.74, 6) is -6.20. The van der Waals surface area contributed by atoms with Crippen molar-refractivity contribution in [1.29, 1.82) is 0 Å². The quantitative estimate of drug-likeness (QED) is 0.759. The largest absolute Gasteiger partial charge is 0.383 e. The number of ether oxygens (including phenoxy) is 1. The fourth-order valence-corrected chi connectivity index (χ4v) is 3.73. The van der Waals surface area contributed by atoms with E-state index < -0.39 is 28.8 Å². The molecule has 0 radical (unpaired) electrons. The molecule has 0 spiro atoms. The predicted octanol–water partition coefficient (Wildman–Crippen LogP) is -0.113. The Morgan fingerprint density at radius 1 is 1.32 bits per heavy atom. The minimum atomic E-state index is -3.83. The van der Waals surface area contributed by atoms with Crippen LogP contribution in [-0.4, -0.2) is 59.6 Å². The number of nitrogens with zero attached hydrogens (tertiary/aromatic N) is 1. The monoisotopic (exact) mass is 318 g/mol. The van der Waals surface area contributed by atoms with Crippen molar-refractivity contribution >= 4 is 11.8 Å². The molecule has 124 valence electrons. The summed E-state index contributed by atoms with van der Waals surface area (Å²) in [6.45, 7) is 0.429. The number of carbonyl (C=O) groups excluding carboxylic acids is 2. The molecule has 2 atom stereocenters. The minimum Gasteiger partial charge on any atom is -0.383 e. The van der Waals surface area contributed by atoms with E-state index in [-0.39, 0.29) is 38.5 Å². The highest BCUT2D eigenvalue weighted by atomic mass is 19.3. The van der Waals surface area contributed by atoms with Gasteiger partial charge in [0.15, 0.2) is 0 Å². The number of aliphatic hydroxyl groups is 1. The first-order valence-corrected chi connectivity index (χ1v) is 7.50. The number of halogens is 2. The number of alkyl halides is 2. The van der Waals surface area contributed by atoms with Gasteiger partial charge in [-0.3, -0.25) is 9.59 Å². The Morgan fingerprint density at radius 3 is 2.50 bits per heavy atom. The Hall–Kier alpha value is -1.28. The number of nitrogens with two attached hydrogens (primary N) is 1. The second kappa shape index (κ2) is 4.86. The number of likely N-dealkylation sites (tertiary alicyclic amines) is 1. The van der Waals surface area contributed by atoms with Crippen LogP contribution in [0.3, 0.4) is 0 Å². The minimum absolute atomic E-state index is 0.00738. The van der Waals surface area contributed by atoms with Gasteiger partial charge in [-0.25, -0.2) is 0 Å². The molecule has 0 aromatic rings. The van der Waals surface area contributed by atoms with Crippen LogP contribution >= 0.6 is 0 Å². The lowest BCUT2D eigenvalue weighted by molar-refractivity contribution is -0.223. The Kier molecular flexibility index (Phi) is 3.45. The van der Waals surface area contributed by atoms with Crippen molar-refractivity contribution in [3.8, 4) is 0 Å². The highest BCUT2D eigenvalue weighted by Crippen LogP contribution is 2.48. The maximum atomic E-state index is 14.3. The molecule has 8 heteroatoms. The summed E-state index contributed by atoms with van der Waals surface area (Å²) in [5.41, 5.74) is 2.22. The summed E-state index contributed by atoms with van der Waals surface area (Å²) < 4.78 is 33.9. The van der Waals surface area contributed by atoms with E-state index in [0.29, 0.717) is 19.4 Å². The van der Waals surface area contributed by atoms with Crippen molar-refractivity contribution in [1.82, 2.24) is 4.90 Å². The number of carbonyl (C=O) groups is 2. The molecule has 3 N–H and O–H groups in total. The van der Waals surface area contributed by atoms with Crippen LogP contribution in [0.4, 0.5) is 8.78 Å². The molecule has 3 rings (SSSR count). The number of amides is 2. The average Bonchev–Trinajstić information content (AvgIpc) is 2.84. The smallest absolute Gasteiger partial charge is 0.352 e. The Labute approximate surface area is 126 Å². The lowest BCUT2D eigenvalue weighted by Crippen LogP contribution is -2.61. The molecule has 0 unspecified atom stereocenters. The van der Waals surface area contributed by atoms with E-state index in [1.165, 1.54) is 0 Å². The maximum Gasteiger partial charge on any atom is 0.352 e. The van der Waals surface area contributed by atoms with E-state index in [1.807, 2.05) is 0 Å². The average molecular weight is 318 g/mol. The zero-order valence-electron chi connectivity index (χ0n) is 12.2. The SMILES string of the molecule is NC(=O)[C@]12CCOC[C@H]1CN(C(=O)C(F)(F)C1(O)CCC1)C2. The van der Waals surface area contributed by atoms with Gasteiger partial charge in [0.2, 0.25) is 5.91 Å². The van der Waals surface area contributed by atoms with Gasteiger partial charge in [0.05, 0.1) is 12.0 Å². The summed E-state index contributed by atoms with van der Waals surface area (Å²) in [5, 5.41) is 9.89. The van der Waals surface area contributed by atoms with Crippen LogP contribution in [0, 0.1) is 11.3 Å². The van der Waals surface area contributed by atoms with Gasteiger partial charge in [-0.2, -0.15) is 8.78 Å². The van der Waals surface area contributed by atoms with Crippen molar-refractivity contribution in [2.45, 2.75) is 37.2 Å². The topological polar surface area (TPSA) is 92.9 Å². The zero-order valence-corrected chi connectivity index (χ0v) is 12.2. The van der Waals surface area contributed by atoms with Crippen molar-refractivity contribution < 1.29 is 28.2 Å². The Bertz CT molecular complexity index is 509. The summed E-state index contributed by atoms with van der Waals surface area (Å²) in [4.78, 5) is 25.0. The van der Waals surface area contributed by atoms with Crippen LogP contribution in [-0.2, 0) is 14.3 Å². The van der Waals surface area contributed by atoms with Crippen molar-refractivity contribution in [2.75, 3.05) is 26.3 Å². The van der Waals surface area contributed by atoms with Gasteiger partial charge in [-0.1, -0.05) is 0 Å². The highest BCUT2D eigenvalue weighted by Gasteiger charge is 2.64. The van der Waals surface area contributed by atoms with Crippen LogP contribution in [0.5, 0.6) is 0 Å². The molecule has 0 bridgehead atoms. The Morgan fingerprint density at radius 2 is 2.00 bits per heavy atom. The summed E-state index contributed by atoms with van der Waals surface area (Å²) in [6.07, 6.45) is 0.619. The normalized spacial score (nSPS) is 34.0. The van der Waals surface area contributed by atoms with Gasteiger partial charge in [0.25, 0.3) is 5.91 Å². The summed E-state index contributed by atoms with van der Waals surface area (Å²) in [7, 11) is 0. The van der Waals surface area contributed by atoms with E-state index in [9.17, 15) is 23.5 Å². The molecule has 3 fully saturated rings. The highest BCUT2D eigenvalue weighted by molar-refractivity contribution is 5.88. The van der Waals surface area contributed by atoms with Crippen molar-refractivity contribution in [3.63, 3.8) is 0 Å². The molecule has 2 heterocycles. The fourth-order valence-electron chi connectivity index (χ4n) is 3.73. The van der Waals surface area contributed by atoms with Gasteiger partial charge >= 0.3 is 5.92 Å². The molecule has 0 aromatic heterocycles. The van der Waals surface area contributed by atoms with Gasteiger partial charge in [0, 0.05) is 25.6 Å². The second-order valence-corrected chi connectivity index (χ2v) is 6.69. The fraction of sp³-hybridized carbons (Fsp3) is 0.857. The van der Waals surface area contributed by atoms with Crippen molar-refractivity contribution in [2.24, 2.45) is 17.1 Å². The second-order valence-electron chi connectivity index (χ2n) is 6.69. The molecule has 1 saturated carbocycles. The van der Waals surface area contributed by atoms with Crippen molar-refractivity contribution in [3.05, 3.63) is 0 Å². The van der Waals surface area contributed by atoms with Gasteiger partial charge in [0.1, 0.15) is 5.60 Å². The molecule has 2 amide bonds.